The molecule has 3 aromatic carbocycles. The fraction of sp³-hybridized carbons (Fsp3) is 0.280. The van der Waals surface area contributed by atoms with E-state index in [-0.39, 0.29) is 5.41 Å². The highest BCUT2D eigenvalue weighted by molar-refractivity contribution is 5.71. The van der Waals surface area contributed by atoms with Gasteiger partial charge in [0.05, 0.1) is 0 Å². The summed E-state index contributed by atoms with van der Waals surface area (Å²) in [6.07, 6.45) is 2.34. The first-order valence-corrected chi connectivity index (χ1v) is 9.66. The molecule has 6 rings (SSSR count). The van der Waals surface area contributed by atoms with Crippen molar-refractivity contribution in [1.82, 2.24) is 4.90 Å². The molecule has 0 saturated carbocycles. The van der Waals surface area contributed by atoms with Crippen molar-refractivity contribution in [3.8, 4) is 0 Å². The fourth-order valence-electron chi connectivity index (χ4n) is 5.41. The van der Waals surface area contributed by atoms with Gasteiger partial charge in [0.25, 0.3) is 0 Å². The largest absolute Gasteiger partial charge is 0.309 e. The van der Waals surface area contributed by atoms with E-state index in [0.29, 0.717) is 5.92 Å². The lowest BCUT2D eigenvalue weighted by Gasteiger charge is -2.51. The second-order valence-corrected chi connectivity index (χ2v) is 8.01. The monoisotopic (exact) mass is 339 g/mol. The van der Waals surface area contributed by atoms with Gasteiger partial charge in [-0.2, -0.15) is 0 Å². The highest BCUT2D eigenvalue weighted by Crippen LogP contribution is 2.60. The third-order valence-corrected chi connectivity index (χ3v) is 6.35. The second-order valence-electron chi connectivity index (χ2n) is 8.01. The molecular formula is C25H25N. The maximum absolute atomic E-state index is 2.38. The Bertz CT molecular complexity index is 853. The second kappa shape index (κ2) is 5.82. The zero-order chi connectivity index (χ0) is 17.7. The molecule has 0 atom stereocenters. The molecule has 3 aromatic rings. The molecule has 0 radical (unpaired) electrons. The van der Waals surface area contributed by atoms with Gasteiger partial charge in [-0.05, 0) is 66.9 Å². The van der Waals surface area contributed by atoms with Gasteiger partial charge in [-0.3, -0.25) is 0 Å². The summed E-state index contributed by atoms with van der Waals surface area (Å²) in [5.41, 5.74) is 9.11. The predicted molar refractivity (Wildman–Crippen MR) is 108 cm³/mol. The molecule has 0 aromatic heterocycles. The van der Waals surface area contributed by atoms with Gasteiger partial charge in [-0.25, -0.2) is 0 Å². The van der Waals surface area contributed by atoms with Crippen LogP contribution in [0.25, 0.3) is 0 Å². The van der Waals surface area contributed by atoms with Gasteiger partial charge in [0, 0.05) is 11.3 Å². The van der Waals surface area contributed by atoms with Crippen molar-refractivity contribution in [3.63, 3.8) is 0 Å². The van der Waals surface area contributed by atoms with Crippen molar-refractivity contribution in [2.45, 2.75) is 24.2 Å². The zero-order valence-electron chi connectivity index (χ0n) is 15.6. The van der Waals surface area contributed by atoms with E-state index < -0.39 is 0 Å². The van der Waals surface area contributed by atoms with Gasteiger partial charge in [0.2, 0.25) is 0 Å². The van der Waals surface area contributed by atoms with E-state index in [1.807, 2.05) is 0 Å². The van der Waals surface area contributed by atoms with E-state index in [1.54, 1.807) is 0 Å². The molecule has 130 valence electrons. The first-order chi connectivity index (χ1) is 12.7. The van der Waals surface area contributed by atoms with Gasteiger partial charge in [0.15, 0.2) is 0 Å². The lowest BCUT2D eigenvalue weighted by atomic mass is 9.52. The number of hydrogen-bond donors (Lipinski definition) is 0. The average molecular weight is 339 g/mol. The SMILES string of the molecule is CN(C)CCCC12c3ccccc3C(c3ccccc31)c1ccccc12. The normalized spacial score (nSPS) is 22.0. The molecule has 0 fully saturated rings. The number of nitrogens with zero attached hydrogens (tertiary/aromatic N) is 1. The minimum absolute atomic E-state index is 0.00542. The first kappa shape index (κ1) is 15.8. The van der Waals surface area contributed by atoms with Crippen LogP contribution >= 0.6 is 0 Å². The minimum atomic E-state index is -0.00542. The minimum Gasteiger partial charge on any atom is -0.309 e. The smallest absolute Gasteiger partial charge is 0.0461 e. The Balaban J connectivity index is 1.80. The molecule has 0 unspecified atom stereocenters. The maximum atomic E-state index is 2.38. The van der Waals surface area contributed by atoms with Crippen molar-refractivity contribution in [3.05, 3.63) is 106 Å². The van der Waals surface area contributed by atoms with E-state index in [1.165, 1.54) is 39.8 Å². The molecular weight excluding hydrogens is 314 g/mol. The van der Waals surface area contributed by atoms with Gasteiger partial charge in [0.1, 0.15) is 0 Å². The van der Waals surface area contributed by atoms with Gasteiger partial charge in [-0.15, -0.1) is 0 Å². The molecule has 1 heteroatoms. The number of benzene rings is 3. The van der Waals surface area contributed by atoms with Crippen molar-refractivity contribution < 1.29 is 0 Å². The Hall–Kier alpha value is -2.38. The summed E-state index contributed by atoms with van der Waals surface area (Å²) in [6.45, 7) is 1.12. The first-order valence-electron chi connectivity index (χ1n) is 9.66. The Kier molecular flexibility index (Phi) is 3.55. The third-order valence-electron chi connectivity index (χ3n) is 6.35. The quantitative estimate of drug-likeness (QED) is 0.634. The number of rotatable bonds is 4. The predicted octanol–water partition coefficient (Wildman–Crippen LogP) is 5.17. The summed E-state index contributed by atoms with van der Waals surface area (Å²) < 4.78 is 0. The van der Waals surface area contributed by atoms with Crippen LogP contribution in [0.3, 0.4) is 0 Å². The van der Waals surface area contributed by atoms with E-state index in [9.17, 15) is 0 Å². The summed E-state index contributed by atoms with van der Waals surface area (Å²) in [7, 11) is 4.34. The molecule has 0 heterocycles. The molecule has 0 saturated heterocycles. The molecule has 0 aliphatic heterocycles. The molecule has 0 spiro atoms. The lowest BCUT2D eigenvalue weighted by molar-refractivity contribution is 0.369. The Morgan fingerprint density at radius 3 is 1.54 bits per heavy atom. The van der Waals surface area contributed by atoms with Gasteiger partial charge in [-0.1, -0.05) is 72.8 Å². The maximum Gasteiger partial charge on any atom is 0.0461 e. The number of hydrogen-bond acceptors (Lipinski definition) is 1. The summed E-state index contributed by atoms with van der Waals surface area (Å²) in [4.78, 5) is 2.30. The van der Waals surface area contributed by atoms with E-state index in [0.717, 1.165) is 13.0 Å². The van der Waals surface area contributed by atoms with Crippen molar-refractivity contribution in [1.29, 1.82) is 0 Å². The standard InChI is InChI=1S/C25H25N/c1-26(2)17-9-16-25-21-13-6-3-10-18(21)24(19-11-4-7-14-22(19)25)20-12-5-8-15-23(20)25/h3-8,10-15,24H,9,16-17H2,1-2H3. The Morgan fingerprint density at radius 2 is 1.12 bits per heavy atom. The highest BCUT2D eigenvalue weighted by Gasteiger charge is 2.50. The fourth-order valence-corrected chi connectivity index (χ4v) is 5.41. The summed E-state index contributed by atoms with van der Waals surface area (Å²) in [6, 6.07) is 27.5. The molecule has 3 aliphatic rings. The van der Waals surface area contributed by atoms with Crippen molar-refractivity contribution >= 4 is 0 Å². The summed E-state index contributed by atoms with van der Waals surface area (Å²) in [5, 5.41) is 0. The molecule has 0 N–H and O–H groups in total. The van der Waals surface area contributed by atoms with E-state index in [4.69, 9.17) is 0 Å². The van der Waals surface area contributed by atoms with Crippen LogP contribution in [0, 0.1) is 0 Å². The molecule has 26 heavy (non-hydrogen) atoms. The van der Waals surface area contributed by atoms with Crippen LogP contribution in [-0.4, -0.2) is 25.5 Å². The van der Waals surface area contributed by atoms with E-state index >= 15 is 0 Å². The molecule has 1 nitrogen and oxygen atoms in total. The lowest BCUT2D eigenvalue weighted by Crippen LogP contribution is -2.42. The van der Waals surface area contributed by atoms with Gasteiger partial charge >= 0.3 is 0 Å². The van der Waals surface area contributed by atoms with E-state index in [2.05, 4.69) is 91.8 Å². The van der Waals surface area contributed by atoms with Gasteiger partial charge < -0.3 is 4.90 Å². The molecule has 0 amide bonds. The Morgan fingerprint density at radius 1 is 0.692 bits per heavy atom. The zero-order valence-corrected chi connectivity index (χ0v) is 15.6. The van der Waals surface area contributed by atoms with Crippen LogP contribution in [0.5, 0.6) is 0 Å². The topological polar surface area (TPSA) is 3.24 Å². The van der Waals surface area contributed by atoms with Crippen LogP contribution in [0.4, 0.5) is 0 Å². The van der Waals surface area contributed by atoms with Crippen LogP contribution in [0.2, 0.25) is 0 Å². The van der Waals surface area contributed by atoms with Crippen molar-refractivity contribution in [2.75, 3.05) is 20.6 Å². The van der Waals surface area contributed by atoms with Crippen LogP contribution in [0.1, 0.15) is 52.1 Å². The van der Waals surface area contributed by atoms with Crippen LogP contribution < -0.4 is 0 Å². The van der Waals surface area contributed by atoms with Crippen LogP contribution in [0.15, 0.2) is 72.8 Å². The summed E-state index contributed by atoms with van der Waals surface area (Å²) >= 11 is 0. The molecule has 2 bridgehead atoms. The molecule has 3 aliphatic carbocycles. The van der Waals surface area contributed by atoms with Crippen LogP contribution in [-0.2, 0) is 5.41 Å². The van der Waals surface area contributed by atoms with Crippen molar-refractivity contribution in [2.24, 2.45) is 0 Å². The summed E-state index contributed by atoms with van der Waals surface area (Å²) in [5.74, 6) is 0.384. The third kappa shape index (κ3) is 2.01. The highest BCUT2D eigenvalue weighted by atomic mass is 15.0. The Labute approximate surface area is 156 Å². The average Bonchev–Trinajstić information content (AvgIpc) is 2.68.